The molecule has 0 aromatic carbocycles. The fraction of sp³-hybridized carbons (Fsp3) is 0.429. The minimum atomic E-state index is 0.0989. The highest BCUT2D eigenvalue weighted by Gasteiger charge is 2.18. The van der Waals surface area contributed by atoms with Gasteiger partial charge >= 0.3 is 0 Å². The molecule has 1 aliphatic rings. The maximum absolute atomic E-state index is 11.0. The second-order valence-electron chi connectivity index (χ2n) is 2.71. The molecule has 64 valence electrons. The van der Waals surface area contributed by atoms with Gasteiger partial charge in [-0.1, -0.05) is 0 Å². The molecule has 0 radical (unpaired) electrons. The minimum absolute atomic E-state index is 0.0989. The van der Waals surface area contributed by atoms with Crippen molar-refractivity contribution in [2.75, 3.05) is 6.54 Å². The third-order valence-electron chi connectivity index (χ3n) is 1.99. The van der Waals surface area contributed by atoms with E-state index < -0.39 is 0 Å². The van der Waals surface area contributed by atoms with E-state index in [1.54, 1.807) is 11.1 Å². The van der Waals surface area contributed by atoms with Gasteiger partial charge < -0.3 is 9.47 Å². The molecule has 1 amide bonds. The molecule has 0 atom stereocenters. The fourth-order valence-electron chi connectivity index (χ4n) is 1.32. The van der Waals surface area contributed by atoms with Gasteiger partial charge in [0, 0.05) is 48.1 Å². The van der Waals surface area contributed by atoms with E-state index in [-0.39, 0.29) is 3.91 Å². The van der Waals surface area contributed by atoms with Gasteiger partial charge in [0.05, 0.1) is 6.54 Å². The van der Waals surface area contributed by atoms with E-state index >= 15 is 0 Å². The van der Waals surface area contributed by atoms with Gasteiger partial charge in [0.2, 0.25) is 0 Å². The standard InChI is InChI=1S/C7H8IN3O/c8-7(12)11-4-3-10-2-1-9-6(10)5-11/h1-2H,3-5H2. The molecular formula is C7H8IN3O. The van der Waals surface area contributed by atoms with Crippen LogP contribution in [0.15, 0.2) is 12.4 Å². The van der Waals surface area contributed by atoms with E-state index in [2.05, 4.69) is 9.55 Å². The zero-order chi connectivity index (χ0) is 8.55. The van der Waals surface area contributed by atoms with Gasteiger partial charge in [0.15, 0.2) is 0 Å². The van der Waals surface area contributed by atoms with Gasteiger partial charge in [0.1, 0.15) is 5.82 Å². The number of rotatable bonds is 0. The number of hydrogen-bond donors (Lipinski definition) is 0. The SMILES string of the molecule is O=C(I)N1CCn2ccnc2C1. The Morgan fingerprint density at radius 2 is 2.42 bits per heavy atom. The van der Waals surface area contributed by atoms with Crippen LogP contribution in [-0.4, -0.2) is 24.9 Å². The highest BCUT2D eigenvalue weighted by molar-refractivity contribution is 14.1. The molecule has 5 heteroatoms. The molecule has 1 aromatic rings. The molecule has 0 aliphatic carbocycles. The van der Waals surface area contributed by atoms with Gasteiger partial charge in [-0.2, -0.15) is 0 Å². The molecule has 4 nitrogen and oxygen atoms in total. The summed E-state index contributed by atoms with van der Waals surface area (Å²) in [6.45, 7) is 2.31. The Morgan fingerprint density at radius 1 is 1.58 bits per heavy atom. The Bertz CT molecular complexity index is 309. The lowest BCUT2D eigenvalue weighted by Crippen LogP contribution is -2.34. The highest BCUT2D eigenvalue weighted by Crippen LogP contribution is 2.12. The van der Waals surface area contributed by atoms with Crippen LogP contribution in [-0.2, 0) is 13.1 Å². The summed E-state index contributed by atoms with van der Waals surface area (Å²) in [6.07, 6.45) is 3.72. The topological polar surface area (TPSA) is 38.1 Å². The molecule has 0 saturated carbocycles. The molecule has 0 bridgehead atoms. The van der Waals surface area contributed by atoms with E-state index in [0.717, 1.165) is 18.9 Å². The second kappa shape index (κ2) is 3.04. The van der Waals surface area contributed by atoms with Crippen molar-refractivity contribution in [3.05, 3.63) is 18.2 Å². The molecule has 1 aromatic heterocycles. The summed E-state index contributed by atoms with van der Waals surface area (Å²) in [5.41, 5.74) is 0. The summed E-state index contributed by atoms with van der Waals surface area (Å²) < 4.78 is 2.18. The van der Waals surface area contributed by atoms with Gasteiger partial charge in [-0.25, -0.2) is 4.98 Å². The Hall–Kier alpha value is -0.590. The van der Waals surface area contributed by atoms with Gasteiger partial charge in [-0.3, -0.25) is 4.79 Å². The van der Waals surface area contributed by atoms with E-state index in [1.165, 1.54) is 0 Å². The van der Waals surface area contributed by atoms with Gasteiger partial charge in [0.25, 0.3) is 3.91 Å². The Kier molecular flexibility index (Phi) is 2.03. The number of hydrogen-bond acceptors (Lipinski definition) is 2. The lowest BCUT2D eigenvalue weighted by molar-refractivity contribution is 0.210. The third-order valence-corrected chi connectivity index (χ3v) is 2.68. The largest absolute Gasteiger partial charge is 0.332 e. The van der Waals surface area contributed by atoms with Crippen LogP contribution in [0, 0.1) is 0 Å². The molecule has 2 heterocycles. The first-order valence-electron chi connectivity index (χ1n) is 3.72. The van der Waals surface area contributed by atoms with Crippen LogP contribution in [0.3, 0.4) is 0 Å². The van der Waals surface area contributed by atoms with Crippen molar-refractivity contribution < 1.29 is 4.79 Å². The first-order chi connectivity index (χ1) is 5.77. The van der Waals surface area contributed by atoms with Crippen LogP contribution in [0.2, 0.25) is 0 Å². The third kappa shape index (κ3) is 1.33. The summed E-state index contributed by atoms with van der Waals surface area (Å²) >= 11 is 1.81. The van der Waals surface area contributed by atoms with Crippen LogP contribution in [0.5, 0.6) is 0 Å². The smallest absolute Gasteiger partial charge is 0.283 e. The fourth-order valence-corrected chi connectivity index (χ4v) is 1.74. The van der Waals surface area contributed by atoms with Crippen molar-refractivity contribution in [2.24, 2.45) is 0 Å². The van der Waals surface area contributed by atoms with Gasteiger partial charge in [-0.05, 0) is 0 Å². The second-order valence-corrected chi connectivity index (χ2v) is 3.63. The van der Waals surface area contributed by atoms with Crippen LogP contribution < -0.4 is 0 Å². The Balaban J connectivity index is 2.20. The lowest BCUT2D eigenvalue weighted by Gasteiger charge is -2.25. The summed E-state index contributed by atoms with van der Waals surface area (Å²) in [5, 5.41) is 0. The van der Waals surface area contributed by atoms with Crippen molar-refractivity contribution in [3.63, 3.8) is 0 Å². The van der Waals surface area contributed by atoms with Crippen molar-refractivity contribution in [2.45, 2.75) is 13.1 Å². The molecule has 0 spiro atoms. The van der Waals surface area contributed by atoms with E-state index in [1.807, 2.05) is 28.8 Å². The first-order valence-corrected chi connectivity index (χ1v) is 4.79. The maximum Gasteiger partial charge on any atom is 0.283 e. The minimum Gasteiger partial charge on any atom is -0.332 e. The molecule has 0 fully saturated rings. The number of halogens is 1. The summed E-state index contributed by atoms with van der Waals surface area (Å²) in [6, 6.07) is 0. The van der Waals surface area contributed by atoms with Crippen molar-refractivity contribution in [1.29, 1.82) is 0 Å². The van der Waals surface area contributed by atoms with Gasteiger partial charge in [-0.15, -0.1) is 0 Å². The summed E-state index contributed by atoms with van der Waals surface area (Å²) in [7, 11) is 0. The van der Waals surface area contributed by atoms with E-state index in [9.17, 15) is 4.79 Å². The normalized spacial score (nSPS) is 15.9. The molecule has 0 N–H and O–H groups in total. The van der Waals surface area contributed by atoms with Crippen LogP contribution in [0.4, 0.5) is 4.79 Å². The number of fused-ring (bicyclic) bond motifs is 1. The maximum atomic E-state index is 11.0. The predicted molar refractivity (Wildman–Crippen MR) is 52.1 cm³/mol. The molecular weight excluding hydrogens is 269 g/mol. The molecule has 2 rings (SSSR count). The number of amides is 1. The molecule has 0 saturated heterocycles. The summed E-state index contributed by atoms with van der Waals surface area (Å²) in [4.78, 5) is 17.0. The van der Waals surface area contributed by atoms with E-state index in [4.69, 9.17) is 0 Å². The average Bonchev–Trinajstić information content (AvgIpc) is 2.49. The average molecular weight is 277 g/mol. The number of carbonyl (C=O) groups is 1. The van der Waals surface area contributed by atoms with Crippen molar-refractivity contribution in [3.8, 4) is 0 Å². The Morgan fingerprint density at radius 3 is 3.17 bits per heavy atom. The van der Waals surface area contributed by atoms with Crippen LogP contribution in [0.1, 0.15) is 5.82 Å². The van der Waals surface area contributed by atoms with E-state index in [0.29, 0.717) is 6.54 Å². The Labute approximate surface area is 83.7 Å². The zero-order valence-electron chi connectivity index (χ0n) is 6.40. The highest BCUT2D eigenvalue weighted by atomic mass is 127. The quantitative estimate of drug-likeness (QED) is 0.406. The first kappa shape index (κ1) is 8.03. The number of imidazole rings is 1. The zero-order valence-corrected chi connectivity index (χ0v) is 8.56. The van der Waals surface area contributed by atoms with Crippen molar-refractivity contribution in [1.82, 2.24) is 14.5 Å². The molecule has 0 unspecified atom stereocenters. The number of carbonyl (C=O) groups excluding carboxylic acids is 1. The van der Waals surface area contributed by atoms with Crippen LogP contribution in [0.25, 0.3) is 0 Å². The lowest BCUT2D eigenvalue weighted by atomic mass is 10.4. The molecule has 1 aliphatic heterocycles. The monoisotopic (exact) mass is 277 g/mol. The predicted octanol–water partition coefficient (Wildman–Crippen LogP) is 1.25. The molecule has 12 heavy (non-hydrogen) atoms. The number of nitrogens with zero attached hydrogens (tertiary/aromatic N) is 3. The summed E-state index contributed by atoms with van der Waals surface area (Å²) in [5.74, 6) is 0.978. The number of aromatic nitrogens is 2. The van der Waals surface area contributed by atoms with Crippen molar-refractivity contribution >= 4 is 26.5 Å². The van der Waals surface area contributed by atoms with Crippen LogP contribution >= 0.6 is 22.6 Å².